The second-order valence-corrected chi connectivity index (χ2v) is 8.03. The van der Waals surface area contributed by atoms with Crippen LogP contribution in [0.2, 0.25) is 0 Å². The van der Waals surface area contributed by atoms with Crippen LogP contribution in [0.15, 0.2) is 53.4 Å². The molecule has 1 unspecified atom stereocenters. The molecule has 6 nitrogen and oxygen atoms in total. The fourth-order valence-corrected chi connectivity index (χ4v) is 3.09. The molecule has 0 saturated carbocycles. The van der Waals surface area contributed by atoms with Gasteiger partial charge >= 0.3 is 0 Å². The molecular formula is C19H26N3O3S+. The van der Waals surface area contributed by atoms with Crippen LogP contribution in [-0.4, -0.2) is 27.4 Å². The highest BCUT2D eigenvalue weighted by molar-refractivity contribution is 7.89. The molecule has 0 spiro atoms. The number of carbonyl (C=O) groups excluding carboxylic acids is 1. The largest absolute Gasteiger partial charge is 0.324 e. The zero-order valence-corrected chi connectivity index (χ0v) is 16.1. The maximum absolute atomic E-state index is 12.5. The van der Waals surface area contributed by atoms with E-state index in [0.717, 1.165) is 17.9 Å². The van der Waals surface area contributed by atoms with Crippen molar-refractivity contribution in [2.75, 3.05) is 12.4 Å². The number of hydrogen-bond acceptors (Lipinski definition) is 3. The van der Waals surface area contributed by atoms with Crippen LogP contribution in [0.5, 0.6) is 0 Å². The van der Waals surface area contributed by atoms with Crippen LogP contribution in [0.4, 0.5) is 5.69 Å². The SMILES string of the molecule is CCc1ccc(C[NH+](C)[C@@H](C)C(=O)Nc2ccc(S(N)(=O)=O)cc2)cc1. The minimum atomic E-state index is -3.73. The second-order valence-electron chi connectivity index (χ2n) is 6.47. The van der Waals surface area contributed by atoms with Gasteiger partial charge in [-0.3, -0.25) is 4.79 Å². The standard InChI is InChI=1S/C19H25N3O3S/c1-4-15-5-7-16(8-6-15)13-22(3)14(2)19(23)21-17-9-11-18(12-10-17)26(20,24)25/h5-12,14H,4,13H2,1-3H3,(H,21,23)(H2,20,24,25)/p+1/t14-/m0/s1. The molecule has 2 rings (SSSR count). The molecule has 0 fully saturated rings. The third-order valence-corrected chi connectivity index (χ3v) is 5.43. The number of rotatable bonds is 7. The van der Waals surface area contributed by atoms with Gasteiger partial charge in [0.25, 0.3) is 5.91 Å². The van der Waals surface area contributed by atoms with Crippen molar-refractivity contribution < 1.29 is 18.1 Å². The highest BCUT2D eigenvalue weighted by Gasteiger charge is 2.22. The van der Waals surface area contributed by atoms with E-state index in [-0.39, 0.29) is 16.8 Å². The molecule has 2 atom stereocenters. The second kappa shape index (κ2) is 8.44. The Hall–Kier alpha value is -2.22. The number of benzene rings is 2. The molecule has 26 heavy (non-hydrogen) atoms. The Labute approximate surface area is 155 Å². The van der Waals surface area contributed by atoms with Crippen molar-refractivity contribution in [3.05, 3.63) is 59.7 Å². The Bertz CT molecular complexity index is 847. The average molecular weight is 377 g/mol. The minimum Gasteiger partial charge on any atom is -0.324 e. The maximum atomic E-state index is 12.5. The first-order valence-electron chi connectivity index (χ1n) is 8.54. The number of nitrogens with two attached hydrogens (primary N) is 1. The number of amides is 1. The highest BCUT2D eigenvalue weighted by atomic mass is 32.2. The van der Waals surface area contributed by atoms with Gasteiger partial charge in [-0.15, -0.1) is 0 Å². The summed E-state index contributed by atoms with van der Waals surface area (Å²) in [6, 6.07) is 14.0. The zero-order chi connectivity index (χ0) is 19.3. The predicted molar refractivity (Wildman–Crippen MR) is 102 cm³/mol. The monoisotopic (exact) mass is 376 g/mol. The summed E-state index contributed by atoms with van der Waals surface area (Å²) < 4.78 is 22.5. The summed E-state index contributed by atoms with van der Waals surface area (Å²) in [6.07, 6.45) is 1.01. The van der Waals surface area contributed by atoms with Gasteiger partial charge < -0.3 is 10.2 Å². The number of aryl methyl sites for hydroxylation is 1. The molecule has 4 N–H and O–H groups in total. The van der Waals surface area contributed by atoms with Crippen LogP contribution >= 0.6 is 0 Å². The summed E-state index contributed by atoms with van der Waals surface area (Å²) in [4.78, 5) is 13.5. The van der Waals surface area contributed by atoms with Gasteiger partial charge in [0, 0.05) is 11.3 Å². The van der Waals surface area contributed by atoms with Gasteiger partial charge in [0.05, 0.1) is 11.9 Å². The van der Waals surface area contributed by atoms with Gasteiger partial charge in [-0.05, 0) is 43.2 Å². The molecule has 0 aromatic heterocycles. The normalized spacial score (nSPS) is 13.8. The van der Waals surface area contributed by atoms with Crippen molar-refractivity contribution in [2.24, 2.45) is 5.14 Å². The van der Waals surface area contributed by atoms with E-state index in [1.807, 2.05) is 14.0 Å². The molecule has 140 valence electrons. The molecule has 0 aliphatic heterocycles. The van der Waals surface area contributed by atoms with Crippen LogP contribution in [-0.2, 0) is 27.8 Å². The number of quaternary nitrogens is 1. The van der Waals surface area contributed by atoms with Crippen molar-refractivity contribution in [1.82, 2.24) is 0 Å². The lowest BCUT2D eigenvalue weighted by Crippen LogP contribution is -3.12. The van der Waals surface area contributed by atoms with Crippen molar-refractivity contribution in [1.29, 1.82) is 0 Å². The van der Waals surface area contributed by atoms with Crippen LogP contribution in [0, 0.1) is 0 Å². The Morgan fingerprint density at radius 2 is 1.62 bits per heavy atom. The van der Waals surface area contributed by atoms with Crippen LogP contribution < -0.4 is 15.4 Å². The third-order valence-electron chi connectivity index (χ3n) is 4.50. The smallest absolute Gasteiger partial charge is 0.282 e. The van der Waals surface area contributed by atoms with Crippen molar-refractivity contribution >= 4 is 21.6 Å². The van der Waals surface area contributed by atoms with E-state index in [9.17, 15) is 13.2 Å². The van der Waals surface area contributed by atoms with Gasteiger partial charge in [-0.25, -0.2) is 13.6 Å². The molecule has 2 aromatic rings. The van der Waals surface area contributed by atoms with Crippen LogP contribution in [0.3, 0.4) is 0 Å². The molecular weight excluding hydrogens is 350 g/mol. The average Bonchev–Trinajstić information content (AvgIpc) is 2.61. The van der Waals surface area contributed by atoms with E-state index in [4.69, 9.17) is 5.14 Å². The minimum absolute atomic E-state index is 0.0156. The van der Waals surface area contributed by atoms with Crippen LogP contribution in [0.25, 0.3) is 0 Å². The molecule has 0 aliphatic carbocycles. The first-order chi connectivity index (χ1) is 12.2. The fraction of sp³-hybridized carbons (Fsp3) is 0.316. The van der Waals surface area contributed by atoms with E-state index >= 15 is 0 Å². The summed E-state index contributed by atoms with van der Waals surface area (Å²) in [5, 5.41) is 7.88. The molecule has 0 heterocycles. The topological polar surface area (TPSA) is 93.7 Å². The molecule has 0 saturated heterocycles. The van der Waals surface area contributed by atoms with Crippen molar-refractivity contribution in [3.8, 4) is 0 Å². The molecule has 0 radical (unpaired) electrons. The first-order valence-corrected chi connectivity index (χ1v) is 10.1. The van der Waals surface area contributed by atoms with Gasteiger partial charge in [-0.1, -0.05) is 31.2 Å². The number of hydrogen-bond donors (Lipinski definition) is 3. The lowest BCUT2D eigenvalue weighted by molar-refractivity contribution is -0.907. The lowest BCUT2D eigenvalue weighted by atomic mass is 10.1. The fourth-order valence-electron chi connectivity index (χ4n) is 2.57. The van der Waals surface area contributed by atoms with E-state index < -0.39 is 10.0 Å². The Morgan fingerprint density at radius 3 is 2.12 bits per heavy atom. The van der Waals surface area contributed by atoms with Crippen molar-refractivity contribution in [2.45, 2.75) is 37.8 Å². The Morgan fingerprint density at radius 1 is 1.08 bits per heavy atom. The number of anilines is 1. The molecule has 0 aliphatic rings. The number of sulfonamides is 1. The van der Waals surface area contributed by atoms with E-state index in [1.54, 1.807) is 0 Å². The van der Waals surface area contributed by atoms with Gasteiger partial charge in [0.2, 0.25) is 10.0 Å². The van der Waals surface area contributed by atoms with Gasteiger partial charge in [0.15, 0.2) is 6.04 Å². The Balaban J connectivity index is 1.97. The Kier molecular flexibility index (Phi) is 6.52. The quantitative estimate of drug-likeness (QED) is 0.671. The summed E-state index contributed by atoms with van der Waals surface area (Å²) >= 11 is 0. The van der Waals surface area contributed by atoms with Crippen LogP contribution in [0.1, 0.15) is 25.0 Å². The summed E-state index contributed by atoms with van der Waals surface area (Å²) in [6.45, 7) is 4.72. The molecule has 2 aromatic carbocycles. The van der Waals surface area contributed by atoms with E-state index in [0.29, 0.717) is 5.69 Å². The van der Waals surface area contributed by atoms with E-state index in [1.165, 1.54) is 35.4 Å². The third kappa shape index (κ3) is 5.39. The van der Waals surface area contributed by atoms with Crippen molar-refractivity contribution in [3.63, 3.8) is 0 Å². The van der Waals surface area contributed by atoms with Gasteiger partial charge in [-0.2, -0.15) is 0 Å². The number of nitrogens with one attached hydrogen (secondary N) is 2. The molecule has 7 heteroatoms. The summed E-state index contributed by atoms with van der Waals surface area (Å²) in [5.74, 6) is -0.129. The zero-order valence-electron chi connectivity index (χ0n) is 15.3. The van der Waals surface area contributed by atoms with Gasteiger partial charge in [0.1, 0.15) is 6.54 Å². The number of primary sulfonamides is 1. The molecule has 1 amide bonds. The molecule has 0 bridgehead atoms. The van der Waals surface area contributed by atoms with E-state index in [2.05, 4.69) is 36.5 Å². The number of likely N-dealkylation sites (N-methyl/N-ethyl adjacent to an activating group) is 1. The predicted octanol–water partition coefficient (Wildman–Crippen LogP) is 0.938. The maximum Gasteiger partial charge on any atom is 0.282 e. The number of carbonyl (C=O) groups is 1. The summed E-state index contributed by atoms with van der Waals surface area (Å²) in [7, 11) is -1.76. The highest BCUT2D eigenvalue weighted by Crippen LogP contribution is 2.12. The lowest BCUT2D eigenvalue weighted by Gasteiger charge is -2.21. The first kappa shape index (κ1) is 20.1. The summed E-state index contributed by atoms with van der Waals surface area (Å²) in [5.41, 5.74) is 3.01.